The molecule has 0 saturated carbocycles. The van der Waals surface area contributed by atoms with Gasteiger partial charge in [-0.2, -0.15) is 0 Å². The molecule has 2 aliphatic heterocycles. The summed E-state index contributed by atoms with van der Waals surface area (Å²) in [4.78, 5) is 11.6. The summed E-state index contributed by atoms with van der Waals surface area (Å²) >= 11 is 0. The number of carbonyl (C=O) groups is 1. The lowest BCUT2D eigenvalue weighted by molar-refractivity contribution is -0.119. The highest BCUT2D eigenvalue weighted by molar-refractivity contribution is 5.80. The smallest absolute Gasteiger partial charge is 0.220 e. The molecule has 2 aliphatic rings. The van der Waals surface area contributed by atoms with Crippen LogP contribution < -0.4 is 14.8 Å². The number of carbonyl (C=O) groups excluding carboxylic acids is 1. The van der Waals surface area contributed by atoms with Crippen molar-refractivity contribution in [3.8, 4) is 11.5 Å². The molecule has 0 aliphatic carbocycles. The molecule has 0 radical (unpaired) electrons. The van der Waals surface area contributed by atoms with Crippen LogP contribution in [0.5, 0.6) is 11.5 Å². The SMILES string of the molecule is CCOc1cc2c(cc1C1CC(=O)NC1C)OC(C)C2. The molecule has 1 aromatic rings. The molecule has 4 heteroatoms. The van der Waals surface area contributed by atoms with E-state index in [0.717, 1.165) is 23.5 Å². The van der Waals surface area contributed by atoms with Crippen molar-refractivity contribution < 1.29 is 14.3 Å². The van der Waals surface area contributed by atoms with E-state index in [0.29, 0.717) is 13.0 Å². The lowest BCUT2D eigenvalue weighted by Crippen LogP contribution is -2.24. The monoisotopic (exact) mass is 275 g/mol. The molecule has 1 N–H and O–H groups in total. The minimum Gasteiger partial charge on any atom is -0.494 e. The summed E-state index contributed by atoms with van der Waals surface area (Å²) in [5.74, 6) is 2.12. The first-order chi connectivity index (χ1) is 9.58. The molecule has 1 amide bonds. The second-order valence-electron chi connectivity index (χ2n) is 5.73. The number of hydrogen-bond donors (Lipinski definition) is 1. The van der Waals surface area contributed by atoms with Gasteiger partial charge in [0.25, 0.3) is 0 Å². The van der Waals surface area contributed by atoms with Crippen molar-refractivity contribution >= 4 is 5.91 Å². The fraction of sp³-hybridized carbons (Fsp3) is 0.562. The van der Waals surface area contributed by atoms with Crippen molar-refractivity contribution in [2.45, 2.75) is 51.7 Å². The summed E-state index contributed by atoms with van der Waals surface area (Å²) in [6, 6.07) is 4.30. The van der Waals surface area contributed by atoms with Crippen molar-refractivity contribution in [2.75, 3.05) is 6.61 Å². The molecule has 3 atom stereocenters. The maximum atomic E-state index is 11.6. The number of hydrogen-bond acceptors (Lipinski definition) is 3. The number of benzene rings is 1. The van der Waals surface area contributed by atoms with Crippen LogP contribution in [0.4, 0.5) is 0 Å². The number of rotatable bonds is 3. The van der Waals surface area contributed by atoms with Crippen molar-refractivity contribution in [3.05, 3.63) is 23.3 Å². The van der Waals surface area contributed by atoms with Crippen molar-refractivity contribution in [2.24, 2.45) is 0 Å². The molecule has 0 aromatic heterocycles. The maximum absolute atomic E-state index is 11.6. The minimum absolute atomic E-state index is 0.111. The summed E-state index contributed by atoms with van der Waals surface area (Å²) in [5, 5.41) is 2.98. The van der Waals surface area contributed by atoms with Crippen LogP contribution in [-0.2, 0) is 11.2 Å². The largest absolute Gasteiger partial charge is 0.494 e. The van der Waals surface area contributed by atoms with E-state index in [-0.39, 0.29) is 24.0 Å². The molecule has 1 saturated heterocycles. The average molecular weight is 275 g/mol. The topological polar surface area (TPSA) is 47.6 Å². The van der Waals surface area contributed by atoms with Gasteiger partial charge in [-0.05, 0) is 32.9 Å². The van der Waals surface area contributed by atoms with Crippen molar-refractivity contribution in [1.29, 1.82) is 0 Å². The first kappa shape index (κ1) is 13.3. The van der Waals surface area contributed by atoms with Gasteiger partial charge < -0.3 is 14.8 Å². The lowest BCUT2D eigenvalue weighted by Gasteiger charge is -2.19. The van der Waals surface area contributed by atoms with Crippen LogP contribution in [0.1, 0.15) is 44.2 Å². The third-order valence-corrected chi connectivity index (χ3v) is 4.13. The summed E-state index contributed by atoms with van der Waals surface area (Å²) in [6.07, 6.45) is 1.67. The number of fused-ring (bicyclic) bond motifs is 1. The molecular weight excluding hydrogens is 254 g/mol. The number of amides is 1. The Balaban J connectivity index is 2.00. The Labute approximate surface area is 119 Å². The summed E-state index contributed by atoms with van der Waals surface area (Å²) in [6.45, 7) is 6.73. The van der Waals surface area contributed by atoms with E-state index in [9.17, 15) is 4.79 Å². The van der Waals surface area contributed by atoms with Crippen LogP contribution >= 0.6 is 0 Å². The first-order valence-electron chi connectivity index (χ1n) is 7.34. The Morgan fingerprint density at radius 1 is 1.35 bits per heavy atom. The first-order valence-corrected chi connectivity index (χ1v) is 7.34. The Hall–Kier alpha value is -1.71. The van der Waals surface area contributed by atoms with Gasteiger partial charge in [0.15, 0.2) is 0 Å². The predicted octanol–water partition coefficient (Wildman–Crippen LogP) is 2.40. The van der Waals surface area contributed by atoms with Crippen LogP contribution in [-0.4, -0.2) is 24.7 Å². The quantitative estimate of drug-likeness (QED) is 0.921. The van der Waals surface area contributed by atoms with Gasteiger partial charge in [-0.1, -0.05) is 0 Å². The Kier molecular flexibility index (Phi) is 3.32. The normalized spacial score (nSPS) is 27.9. The summed E-state index contributed by atoms with van der Waals surface area (Å²) in [7, 11) is 0. The molecule has 1 fully saturated rings. The van der Waals surface area contributed by atoms with Gasteiger partial charge in [-0.25, -0.2) is 0 Å². The van der Waals surface area contributed by atoms with E-state index in [1.807, 2.05) is 13.8 Å². The molecule has 4 nitrogen and oxygen atoms in total. The van der Waals surface area contributed by atoms with E-state index in [2.05, 4.69) is 24.4 Å². The molecule has 2 heterocycles. The molecule has 0 spiro atoms. The zero-order chi connectivity index (χ0) is 14.3. The van der Waals surface area contributed by atoms with Crippen LogP contribution in [0.15, 0.2) is 12.1 Å². The maximum Gasteiger partial charge on any atom is 0.220 e. The van der Waals surface area contributed by atoms with Gasteiger partial charge in [0.05, 0.1) is 6.61 Å². The van der Waals surface area contributed by atoms with Gasteiger partial charge in [0, 0.05) is 35.9 Å². The van der Waals surface area contributed by atoms with E-state index in [1.165, 1.54) is 5.56 Å². The molecule has 1 aromatic carbocycles. The lowest BCUT2D eigenvalue weighted by atomic mass is 9.90. The third kappa shape index (κ3) is 2.23. The van der Waals surface area contributed by atoms with Gasteiger partial charge in [-0.15, -0.1) is 0 Å². The molecule has 3 unspecified atom stereocenters. The average Bonchev–Trinajstić information content (AvgIpc) is 2.89. The molecular formula is C16H21NO3. The highest BCUT2D eigenvalue weighted by Crippen LogP contribution is 2.41. The fourth-order valence-corrected chi connectivity index (χ4v) is 3.19. The van der Waals surface area contributed by atoms with Crippen LogP contribution in [0.3, 0.4) is 0 Å². The number of ether oxygens (including phenoxy) is 2. The van der Waals surface area contributed by atoms with E-state index in [4.69, 9.17) is 9.47 Å². The van der Waals surface area contributed by atoms with E-state index >= 15 is 0 Å². The second kappa shape index (κ2) is 5.00. The minimum atomic E-state index is 0.111. The standard InChI is InChI=1S/C16H21NO3/c1-4-19-15-6-11-5-9(2)20-14(11)7-13(15)12-8-16(18)17-10(12)3/h6-7,9-10,12H,4-5,8H2,1-3H3,(H,17,18). The molecule has 20 heavy (non-hydrogen) atoms. The Bertz CT molecular complexity index is 541. The van der Waals surface area contributed by atoms with Crippen LogP contribution in [0.2, 0.25) is 0 Å². The zero-order valence-electron chi connectivity index (χ0n) is 12.2. The van der Waals surface area contributed by atoms with Gasteiger partial charge >= 0.3 is 0 Å². The molecule has 3 rings (SSSR count). The second-order valence-corrected chi connectivity index (χ2v) is 5.73. The Morgan fingerprint density at radius 2 is 2.15 bits per heavy atom. The Morgan fingerprint density at radius 3 is 2.80 bits per heavy atom. The van der Waals surface area contributed by atoms with Gasteiger partial charge in [0.2, 0.25) is 5.91 Å². The van der Waals surface area contributed by atoms with E-state index in [1.54, 1.807) is 0 Å². The van der Waals surface area contributed by atoms with E-state index < -0.39 is 0 Å². The highest BCUT2D eigenvalue weighted by atomic mass is 16.5. The summed E-state index contributed by atoms with van der Waals surface area (Å²) in [5.41, 5.74) is 2.29. The van der Waals surface area contributed by atoms with Crippen LogP contribution in [0.25, 0.3) is 0 Å². The summed E-state index contributed by atoms with van der Waals surface area (Å²) < 4.78 is 11.6. The highest BCUT2D eigenvalue weighted by Gasteiger charge is 2.34. The molecule has 108 valence electrons. The van der Waals surface area contributed by atoms with Gasteiger partial charge in [0.1, 0.15) is 17.6 Å². The predicted molar refractivity (Wildman–Crippen MR) is 76.4 cm³/mol. The van der Waals surface area contributed by atoms with Crippen molar-refractivity contribution in [1.82, 2.24) is 5.32 Å². The van der Waals surface area contributed by atoms with Crippen molar-refractivity contribution in [3.63, 3.8) is 0 Å². The fourth-order valence-electron chi connectivity index (χ4n) is 3.19. The molecule has 0 bridgehead atoms. The third-order valence-electron chi connectivity index (χ3n) is 4.13. The van der Waals surface area contributed by atoms with Gasteiger partial charge in [-0.3, -0.25) is 4.79 Å². The van der Waals surface area contributed by atoms with Crippen LogP contribution in [0, 0.1) is 0 Å². The number of nitrogens with one attached hydrogen (secondary N) is 1. The zero-order valence-corrected chi connectivity index (χ0v) is 12.2.